The number of para-hydroxylation sites is 2. The van der Waals surface area contributed by atoms with E-state index in [4.69, 9.17) is 0 Å². The lowest BCUT2D eigenvalue weighted by atomic mass is 9.98. The van der Waals surface area contributed by atoms with Gasteiger partial charge in [0.15, 0.2) is 0 Å². The predicted octanol–water partition coefficient (Wildman–Crippen LogP) is 5.46. The van der Waals surface area contributed by atoms with E-state index in [-0.39, 0.29) is 23.7 Å². The van der Waals surface area contributed by atoms with Gasteiger partial charge in [0.2, 0.25) is 11.8 Å². The van der Waals surface area contributed by atoms with E-state index < -0.39 is 0 Å². The highest BCUT2D eigenvalue weighted by molar-refractivity contribution is 6.04. The maximum Gasteiger partial charge on any atom is 0.228 e. The first kappa shape index (κ1) is 20.1. The van der Waals surface area contributed by atoms with Crippen molar-refractivity contribution in [3.05, 3.63) is 59.2 Å². The third-order valence-electron chi connectivity index (χ3n) is 5.48. The summed E-state index contributed by atoms with van der Waals surface area (Å²) in [5, 5.41) is 6.11. The van der Waals surface area contributed by atoms with Crippen LogP contribution in [0.4, 0.5) is 11.4 Å². The van der Waals surface area contributed by atoms with Crippen LogP contribution in [0.15, 0.2) is 42.5 Å². The highest BCUT2D eigenvalue weighted by Crippen LogP contribution is 2.41. The van der Waals surface area contributed by atoms with Crippen molar-refractivity contribution in [3.8, 4) is 0 Å². The molecule has 1 saturated carbocycles. The molecule has 4 nitrogen and oxygen atoms in total. The molecule has 1 fully saturated rings. The minimum Gasteiger partial charge on any atom is -0.326 e. The third-order valence-corrected chi connectivity index (χ3v) is 5.48. The van der Waals surface area contributed by atoms with Crippen molar-refractivity contribution in [1.29, 1.82) is 0 Å². The van der Waals surface area contributed by atoms with Gasteiger partial charge in [0.05, 0.1) is 11.8 Å². The van der Waals surface area contributed by atoms with Gasteiger partial charge in [0.25, 0.3) is 0 Å². The number of aryl methyl sites for hydroxylation is 1. The molecule has 0 heterocycles. The Balaban J connectivity index is 1.66. The Morgan fingerprint density at radius 1 is 0.821 bits per heavy atom. The van der Waals surface area contributed by atoms with E-state index in [9.17, 15) is 9.59 Å². The molecule has 0 bridgehead atoms. The Labute approximate surface area is 167 Å². The molecule has 148 valence electrons. The summed E-state index contributed by atoms with van der Waals surface area (Å²) in [5.41, 5.74) is 5.01. The Morgan fingerprint density at radius 3 is 2.04 bits per heavy atom. The highest BCUT2D eigenvalue weighted by Gasteiger charge is 2.48. The third kappa shape index (κ3) is 4.27. The molecule has 2 N–H and O–H groups in total. The summed E-state index contributed by atoms with van der Waals surface area (Å²) in [6, 6.07) is 13.9. The molecule has 2 atom stereocenters. The van der Waals surface area contributed by atoms with Gasteiger partial charge in [-0.05, 0) is 47.9 Å². The molecule has 2 amide bonds. The van der Waals surface area contributed by atoms with Crippen molar-refractivity contribution in [3.63, 3.8) is 0 Å². The monoisotopic (exact) mass is 378 g/mol. The number of amides is 2. The molecule has 1 aliphatic carbocycles. The lowest BCUT2D eigenvalue weighted by molar-refractivity contribution is -0.122. The molecule has 0 aromatic heterocycles. The van der Waals surface area contributed by atoms with Gasteiger partial charge < -0.3 is 10.6 Å². The van der Waals surface area contributed by atoms with Crippen molar-refractivity contribution in [2.45, 2.75) is 52.9 Å². The smallest absolute Gasteiger partial charge is 0.228 e. The molecule has 4 heteroatoms. The number of anilines is 2. The van der Waals surface area contributed by atoms with Crippen LogP contribution in [0.5, 0.6) is 0 Å². The highest BCUT2D eigenvalue weighted by atomic mass is 16.2. The standard InChI is InChI=1S/C24H30N2O2/c1-14(2)17-10-6-7-12-21(17)25-23(27)19-13-20(19)24(28)26-22-16(5)9-8-11-18(22)15(3)4/h6-12,14-15,19-20H,13H2,1-5H3,(H,25,27)(H,26,28). The van der Waals surface area contributed by atoms with Gasteiger partial charge in [0.1, 0.15) is 0 Å². The lowest BCUT2D eigenvalue weighted by Gasteiger charge is -2.16. The Kier molecular flexibility index (Phi) is 5.87. The zero-order valence-electron chi connectivity index (χ0n) is 17.4. The van der Waals surface area contributed by atoms with E-state index >= 15 is 0 Å². The Morgan fingerprint density at radius 2 is 1.39 bits per heavy atom. The minimum absolute atomic E-state index is 0.0616. The van der Waals surface area contributed by atoms with E-state index in [0.29, 0.717) is 18.3 Å². The fourth-order valence-electron chi connectivity index (χ4n) is 3.67. The van der Waals surface area contributed by atoms with Gasteiger partial charge in [-0.15, -0.1) is 0 Å². The number of rotatable bonds is 6. The van der Waals surface area contributed by atoms with E-state index in [2.05, 4.69) is 38.3 Å². The van der Waals surface area contributed by atoms with Crippen LogP contribution in [0.3, 0.4) is 0 Å². The van der Waals surface area contributed by atoms with Crippen molar-refractivity contribution < 1.29 is 9.59 Å². The van der Waals surface area contributed by atoms with E-state index in [1.807, 2.05) is 49.4 Å². The topological polar surface area (TPSA) is 58.2 Å². The van der Waals surface area contributed by atoms with Crippen LogP contribution in [0, 0.1) is 18.8 Å². The number of carbonyl (C=O) groups is 2. The van der Waals surface area contributed by atoms with Crippen LogP contribution in [-0.4, -0.2) is 11.8 Å². The molecule has 2 aromatic rings. The lowest BCUT2D eigenvalue weighted by Crippen LogP contribution is -2.22. The average Bonchev–Trinajstić information content (AvgIpc) is 3.44. The first-order chi connectivity index (χ1) is 13.3. The van der Waals surface area contributed by atoms with Gasteiger partial charge >= 0.3 is 0 Å². The summed E-state index contributed by atoms with van der Waals surface area (Å²) >= 11 is 0. The van der Waals surface area contributed by atoms with Crippen LogP contribution >= 0.6 is 0 Å². The van der Waals surface area contributed by atoms with Crippen molar-refractivity contribution in [1.82, 2.24) is 0 Å². The largest absolute Gasteiger partial charge is 0.326 e. The van der Waals surface area contributed by atoms with Crippen molar-refractivity contribution in [2.24, 2.45) is 11.8 Å². The molecule has 0 spiro atoms. The normalized spacial score (nSPS) is 18.2. The van der Waals surface area contributed by atoms with Gasteiger partial charge in [-0.3, -0.25) is 9.59 Å². The number of nitrogens with one attached hydrogen (secondary N) is 2. The second kappa shape index (κ2) is 8.17. The molecule has 2 unspecified atom stereocenters. The van der Waals surface area contributed by atoms with E-state index in [1.165, 1.54) is 0 Å². The minimum atomic E-state index is -0.258. The number of benzene rings is 2. The second-order valence-electron chi connectivity index (χ2n) is 8.36. The number of hydrogen-bond donors (Lipinski definition) is 2. The second-order valence-corrected chi connectivity index (χ2v) is 8.36. The Bertz CT molecular complexity index is 886. The summed E-state index contributed by atoms with van der Waals surface area (Å²) in [4.78, 5) is 25.4. The molecule has 28 heavy (non-hydrogen) atoms. The van der Waals surface area contributed by atoms with Crippen LogP contribution in [0.2, 0.25) is 0 Å². The molecule has 0 saturated heterocycles. The predicted molar refractivity (Wildman–Crippen MR) is 115 cm³/mol. The Hall–Kier alpha value is -2.62. The van der Waals surface area contributed by atoms with Crippen LogP contribution < -0.4 is 10.6 Å². The van der Waals surface area contributed by atoms with Crippen LogP contribution in [0.1, 0.15) is 62.6 Å². The van der Waals surface area contributed by atoms with Crippen molar-refractivity contribution >= 4 is 23.2 Å². The zero-order valence-corrected chi connectivity index (χ0v) is 17.4. The molecule has 0 aliphatic heterocycles. The first-order valence-corrected chi connectivity index (χ1v) is 10.1. The number of carbonyl (C=O) groups excluding carboxylic acids is 2. The molecular weight excluding hydrogens is 348 g/mol. The first-order valence-electron chi connectivity index (χ1n) is 10.1. The molecule has 2 aromatic carbocycles. The fraction of sp³-hybridized carbons (Fsp3) is 0.417. The average molecular weight is 379 g/mol. The molecule has 3 rings (SSSR count). The van der Waals surface area contributed by atoms with Gasteiger partial charge in [-0.2, -0.15) is 0 Å². The van der Waals surface area contributed by atoms with Crippen LogP contribution in [0.25, 0.3) is 0 Å². The molecule has 1 aliphatic rings. The quantitative estimate of drug-likeness (QED) is 0.702. The molecular formula is C24H30N2O2. The summed E-state index contributed by atoms with van der Waals surface area (Å²) in [6.45, 7) is 10.4. The van der Waals surface area contributed by atoms with Crippen molar-refractivity contribution in [2.75, 3.05) is 10.6 Å². The summed E-state index contributed by atoms with van der Waals surface area (Å²) in [6.07, 6.45) is 0.602. The van der Waals surface area contributed by atoms with Gasteiger partial charge in [-0.25, -0.2) is 0 Å². The zero-order chi connectivity index (χ0) is 20.4. The fourth-order valence-corrected chi connectivity index (χ4v) is 3.67. The number of hydrogen-bond acceptors (Lipinski definition) is 2. The molecule has 0 radical (unpaired) electrons. The maximum absolute atomic E-state index is 12.8. The van der Waals surface area contributed by atoms with E-state index in [1.54, 1.807) is 0 Å². The van der Waals surface area contributed by atoms with Crippen LogP contribution in [-0.2, 0) is 9.59 Å². The summed E-state index contributed by atoms with van der Waals surface area (Å²) in [7, 11) is 0. The summed E-state index contributed by atoms with van der Waals surface area (Å²) < 4.78 is 0. The summed E-state index contributed by atoms with van der Waals surface area (Å²) in [5.74, 6) is -0.000443. The van der Waals surface area contributed by atoms with Gasteiger partial charge in [-0.1, -0.05) is 64.1 Å². The van der Waals surface area contributed by atoms with E-state index in [0.717, 1.165) is 28.1 Å². The SMILES string of the molecule is Cc1cccc(C(C)C)c1NC(=O)C1CC1C(=O)Nc1ccccc1C(C)C. The van der Waals surface area contributed by atoms with Gasteiger partial charge in [0, 0.05) is 11.4 Å². The maximum atomic E-state index is 12.8.